The van der Waals surface area contributed by atoms with Crippen molar-refractivity contribution in [3.8, 4) is 0 Å². The van der Waals surface area contributed by atoms with Gasteiger partial charge in [0.1, 0.15) is 12.6 Å². The summed E-state index contributed by atoms with van der Waals surface area (Å²) in [5.74, 6) is -1.24. The quantitative estimate of drug-likeness (QED) is 0.285. The summed E-state index contributed by atoms with van der Waals surface area (Å²) in [6.45, 7) is 7.80. The van der Waals surface area contributed by atoms with Gasteiger partial charge in [0.15, 0.2) is 0 Å². The number of amides is 2. The number of hydrogen-bond donors (Lipinski definition) is 1. The zero-order valence-corrected chi connectivity index (χ0v) is 26.1. The van der Waals surface area contributed by atoms with Crippen molar-refractivity contribution in [2.45, 2.75) is 63.7 Å². The van der Waals surface area contributed by atoms with Crippen LogP contribution in [0.4, 0.5) is 18.9 Å². The van der Waals surface area contributed by atoms with Crippen LogP contribution in [0.15, 0.2) is 77.7 Å². The topological polar surface area (TPSA) is 86.8 Å². The largest absolute Gasteiger partial charge is 0.417 e. The molecule has 0 aliphatic carbocycles. The number of carbonyl (C=O) groups excluding carboxylic acids is 2. The van der Waals surface area contributed by atoms with Crippen molar-refractivity contribution in [2.75, 3.05) is 17.4 Å². The summed E-state index contributed by atoms with van der Waals surface area (Å²) in [5, 5.41) is 2.21. The Labute approximate surface area is 255 Å². The molecule has 232 valence electrons. The molecule has 7 nitrogen and oxygen atoms in total. The Morgan fingerprint density at radius 2 is 1.56 bits per heavy atom. The molecule has 0 aromatic heterocycles. The maximum Gasteiger partial charge on any atom is 0.417 e. The Morgan fingerprint density at radius 1 is 0.953 bits per heavy atom. The molecule has 3 rings (SSSR count). The predicted octanol–water partition coefficient (Wildman–Crippen LogP) is 6.24. The van der Waals surface area contributed by atoms with Gasteiger partial charge in [-0.15, -0.1) is 0 Å². The van der Waals surface area contributed by atoms with Crippen molar-refractivity contribution in [2.24, 2.45) is 0 Å². The lowest BCUT2D eigenvalue weighted by Crippen LogP contribution is -2.55. The summed E-state index contributed by atoms with van der Waals surface area (Å²) in [4.78, 5) is 28.1. The van der Waals surface area contributed by atoms with Crippen molar-refractivity contribution >= 4 is 39.1 Å². The van der Waals surface area contributed by atoms with Crippen LogP contribution in [0, 0.1) is 6.92 Å². The first-order valence-electron chi connectivity index (χ1n) is 13.5. The van der Waals surface area contributed by atoms with Crippen LogP contribution in [-0.2, 0) is 32.2 Å². The molecule has 0 radical (unpaired) electrons. The minimum atomic E-state index is -4.88. The number of halogens is 4. The van der Waals surface area contributed by atoms with Gasteiger partial charge < -0.3 is 10.2 Å². The molecule has 3 aromatic carbocycles. The summed E-state index contributed by atoms with van der Waals surface area (Å²) >= 11 is 5.81. The average molecular weight is 638 g/mol. The van der Waals surface area contributed by atoms with E-state index in [2.05, 4.69) is 5.32 Å². The summed E-state index contributed by atoms with van der Waals surface area (Å²) in [6.07, 6.45) is -4.53. The lowest BCUT2D eigenvalue weighted by molar-refractivity contribution is -0.139. The Kier molecular flexibility index (Phi) is 10.6. The van der Waals surface area contributed by atoms with Crippen LogP contribution in [0.1, 0.15) is 44.4 Å². The van der Waals surface area contributed by atoms with Gasteiger partial charge in [0, 0.05) is 12.1 Å². The van der Waals surface area contributed by atoms with Crippen molar-refractivity contribution in [1.29, 1.82) is 0 Å². The third-order valence-electron chi connectivity index (χ3n) is 6.58. The molecule has 0 heterocycles. The highest BCUT2D eigenvalue weighted by atomic mass is 35.5. The Balaban J connectivity index is 2.08. The number of anilines is 1. The first kappa shape index (κ1) is 33.9. The highest BCUT2D eigenvalue weighted by Crippen LogP contribution is 2.38. The number of aryl methyl sites for hydroxylation is 1. The zero-order valence-electron chi connectivity index (χ0n) is 24.6. The van der Waals surface area contributed by atoms with Crippen molar-refractivity contribution < 1.29 is 31.2 Å². The Hall–Kier alpha value is -3.57. The molecule has 2 amide bonds. The number of carbonyl (C=O) groups is 2. The van der Waals surface area contributed by atoms with Gasteiger partial charge in [-0.25, -0.2) is 8.42 Å². The minimum absolute atomic E-state index is 0.0500. The fourth-order valence-electron chi connectivity index (χ4n) is 4.30. The van der Waals surface area contributed by atoms with Crippen LogP contribution < -0.4 is 9.62 Å². The SMILES string of the molecule is Cc1ccc(S(=O)(=O)N(CC(=O)N(CCc2ccccc2)[C@H](C)C(=O)NC(C)(C)C)c2ccc(Cl)c(C(F)(F)F)c2)cc1. The number of alkyl halides is 3. The van der Waals surface area contributed by atoms with E-state index in [1.165, 1.54) is 24.0 Å². The molecule has 1 atom stereocenters. The summed E-state index contributed by atoms with van der Waals surface area (Å²) in [7, 11) is -4.54. The lowest BCUT2D eigenvalue weighted by Gasteiger charge is -2.33. The van der Waals surface area contributed by atoms with Crippen LogP contribution in [0.2, 0.25) is 5.02 Å². The molecule has 0 spiro atoms. The summed E-state index contributed by atoms with van der Waals surface area (Å²) in [6, 6.07) is 16.5. The molecule has 0 unspecified atom stereocenters. The van der Waals surface area contributed by atoms with Crippen LogP contribution in [0.5, 0.6) is 0 Å². The van der Waals surface area contributed by atoms with E-state index >= 15 is 0 Å². The van der Waals surface area contributed by atoms with Gasteiger partial charge in [0.05, 0.1) is 21.2 Å². The second-order valence-corrected chi connectivity index (χ2v) is 13.5. The van der Waals surface area contributed by atoms with Crippen LogP contribution in [-0.4, -0.2) is 49.8 Å². The molecule has 3 aromatic rings. The van der Waals surface area contributed by atoms with E-state index < -0.39 is 62.4 Å². The second kappa shape index (κ2) is 13.4. The van der Waals surface area contributed by atoms with E-state index in [9.17, 15) is 31.2 Å². The van der Waals surface area contributed by atoms with Crippen molar-refractivity contribution in [3.63, 3.8) is 0 Å². The molecule has 0 aliphatic heterocycles. The van der Waals surface area contributed by atoms with Gasteiger partial charge in [-0.05, 0) is 76.9 Å². The number of nitrogens with one attached hydrogen (secondary N) is 1. The number of nitrogens with zero attached hydrogens (tertiary/aromatic N) is 2. The Morgan fingerprint density at radius 3 is 2.12 bits per heavy atom. The van der Waals surface area contributed by atoms with E-state index in [4.69, 9.17) is 11.6 Å². The molecule has 0 saturated carbocycles. The molecule has 0 aliphatic rings. The standard InChI is InChI=1S/C31H35ClF3N3O4S/c1-21-11-14-25(15-12-21)43(41,42)38(24-13-16-27(32)26(19-24)31(33,34)35)20-28(39)37(18-17-23-9-7-6-8-10-23)22(2)29(40)36-30(3,4)5/h6-16,19,22H,17-18,20H2,1-5H3,(H,36,40)/t22-/m1/s1. The molecule has 0 fully saturated rings. The Bertz CT molecular complexity index is 1540. The number of sulfonamides is 1. The zero-order chi connectivity index (χ0) is 32.2. The molecule has 1 N–H and O–H groups in total. The van der Waals surface area contributed by atoms with Gasteiger partial charge in [-0.1, -0.05) is 59.6 Å². The summed E-state index contributed by atoms with van der Waals surface area (Å²) in [5.41, 5.74) is -0.626. The first-order chi connectivity index (χ1) is 19.9. The van der Waals surface area contributed by atoms with E-state index in [1.807, 2.05) is 30.3 Å². The average Bonchev–Trinajstić information content (AvgIpc) is 2.91. The normalized spacial score (nSPS) is 12.9. The highest BCUT2D eigenvalue weighted by Gasteiger charge is 2.37. The van der Waals surface area contributed by atoms with E-state index in [0.29, 0.717) is 16.8 Å². The van der Waals surface area contributed by atoms with E-state index in [-0.39, 0.29) is 11.4 Å². The van der Waals surface area contributed by atoms with Gasteiger partial charge in [-0.2, -0.15) is 13.2 Å². The van der Waals surface area contributed by atoms with Crippen LogP contribution >= 0.6 is 11.6 Å². The maximum atomic E-state index is 13.9. The lowest BCUT2D eigenvalue weighted by atomic mass is 10.1. The van der Waals surface area contributed by atoms with E-state index in [1.54, 1.807) is 39.8 Å². The molecule has 12 heteroatoms. The third-order valence-corrected chi connectivity index (χ3v) is 8.70. The molecule has 43 heavy (non-hydrogen) atoms. The predicted molar refractivity (Wildman–Crippen MR) is 161 cm³/mol. The van der Waals surface area contributed by atoms with Crippen molar-refractivity contribution in [3.05, 3.63) is 94.5 Å². The number of rotatable bonds is 10. The van der Waals surface area contributed by atoms with Crippen LogP contribution in [0.3, 0.4) is 0 Å². The minimum Gasteiger partial charge on any atom is -0.350 e. The van der Waals surface area contributed by atoms with Gasteiger partial charge in [0.2, 0.25) is 11.8 Å². The van der Waals surface area contributed by atoms with Crippen molar-refractivity contribution in [1.82, 2.24) is 10.2 Å². The highest BCUT2D eigenvalue weighted by molar-refractivity contribution is 7.92. The fourth-order valence-corrected chi connectivity index (χ4v) is 5.93. The molecule has 0 saturated heterocycles. The molecule has 0 bridgehead atoms. The third kappa shape index (κ3) is 8.96. The molecular formula is C31H35ClF3N3O4S. The second-order valence-electron chi connectivity index (χ2n) is 11.2. The number of benzene rings is 3. The van der Waals surface area contributed by atoms with Gasteiger partial charge >= 0.3 is 6.18 Å². The van der Waals surface area contributed by atoms with E-state index in [0.717, 1.165) is 23.3 Å². The molecular weight excluding hydrogens is 603 g/mol. The van der Waals surface area contributed by atoms with Crippen LogP contribution in [0.25, 0.3) is 0 Å². The smallest absolute Gasteiger partial charge is 0.350 e. The maximum absolute atomic E-state index is 13.9. The van der Waals surface area contributed by atoms with Gasteiger partial charge in [0.25, 0.3) is 10.0 Å². The fraction of sp³-hybridized carbons (Fsp3) is 0.355. The monoisotopic (exact) mass is 637 g/mol. The first-order valence-corrected chi connectivity index (χ1v) is 15.3. The number of hydrogen-bond acceptors (Lipinski definition) is 4. The van der Waals surface area contributed by atoms with Gasteiger partial charge in [-0.3, -0.25) is 13.9 Å². The summed E-state index contributed by atoms with van der Waals surface area (Å²) < 4.78 is 69.7.